The number of ketones is 1. The average Bonchev–Trinajstić information content (AvgIpc) is 2.61. The fraction of sp³-hybridized carbons (Fsp3) is 0.333. The number of carbonyl (C=O) groups excluding carboxylic acids is 2. The molecule has 3 rings (SSSR count). The van der Waals surface area contributed by atoms with E-state index in [2.05, 4.69) is 12.1 Å². The summed E-state index contributed by atoms with van der Waals surface area (Å²) in [7, 11) is 0. The van der Waals surface area contributed by atoms with Crippen LogP contribution in [-0.2, 0) is 22.4 Å². The van der Waals surface area contributed by atoms with Crippen molar-refractivity contribution in [1.82, 2.24) is 0 Å². The zero-order valence-electron chi connectivity index (χ0n) is 14.5. The van der Waals surface area contributed by atoms with Crippen molar-refractivity contribution >= 4 is 11.8 Å². The number of rotatable bonds is 5. The Bertz CT molecular complexity index is 781. The predicted octanol–water partition coefficient (Wildman–Crippen LogP) is 3.76. The topological polar surface area (TPSA) is 52.6 Å². The molecule has 0 amide bonds. The summed E-state index contributed by atoms with van der Waals surface area (Å²) in [6, 6.07) is 15.1. The van der Waals surface area contributed by atoms with Gasteiger partial charge < -0.3 is 9.47 Å². The van der Waals surface area contributed by atoms with Crippen LogP contribution in [0.15, 0.2) is 48.5 Å². The van der Waals surface area contributed by atoms with Crippen molar-refractivity contribution in [2.45, 2.75) is 45.3 Å². The Hall–Kier alpha value is -2.62. The normalized spacial score (nSPS) is 17.3. The molecule has 2 aromatic carbocycles. The molecule has 130 valence electrons. The lowest BCUT2D eigenvalue weighted by molar-refractivity contribution is -0.157. The van der Waals surface area contributed by atoms with E-state index in [0.717, 1.165) is 19.3 Å². The second kappa shape index (κ2) is 7.51. The van der Waals surface area contributed by atoms with Crippen LogP contribution in [0.2, 0.25) is 0 Å². The van der Waals surface area contributed by atoms with Crippen LogP contribution < -0.4 is 4.74 Å². The van der Waals surface area contributed by atoms with Gasteiger partial charge in [-0.3, -0.25) is 4.79 Å². The summed E-state index contributed by atoms with van der Waals surface area (Å²) in [6.07, 6.45) is 1.66. The predicted molar refractivity (Wildman–Crippen MR) is 94.9 cm³/mol. The molecule has 25 heavy (non-hydrogen) atoms. The van der Waals surface area contributed by atoms with Gasteiger partial charge in [0.15, 0.2) is 11.9 Å². The van der Waals surface area contributed by atoms with Crippen molar-refractivity contribution in [2.75, 3.05) is 0 Å². The summed E-state index contributed by atoms with van der Waals surface area (Å²) in [5, 5.41) is 0. The van der Waals surface area contributed by atoms with Gasteiger partial charge in [0, 0.05) is 12.0 Å². The number of Topliss-reactive ketones (excluding diaryl/α,β-unsaturated/α-hetero) is 1. The van der Waals surface area contributed by atoms with E-state index in [-0.39, 0.29) is 17.9 Å². The lowest BCUT2D eigenvalue weighted by atomic mass is 9.90. The highest BCUT2D eigenvalue weighted by Crippen LogP contribution is 2.24. The molecule has 4 heteroatoms. The van der Waals surface area contributed by atoms with Crippen molar-refractivity contribution in [3.8, 4) is 5.75 Å². The third-order valence-electron chi connectivity index (χ3n) is 4.47. The van der Waals surface area contributed by atoms with Crippen molar-refractivity contribution in [1.29, 1.82) is 0 Å². The summed E-state index contributed by atoms with van der Waals surface area (Å²) in [4.78, 5) is 23.8. The van der Waals surface area contributed by atoms with E-state index in [0.29, 0.717) is 11.3 Å². The van der Waals surface area contributed by atoms with Gasteiger partial charge in [-0.15, -0.1) is 0 Å². The van der Waals surface area contributed by atoms with Crippen LogP contribution in [0.3, 0.4) is 0 Å². The molecule has 0 aliphatic heterocycles. The van der Waals surface area contributed by atoms with Gasteiger partial charge in [-0.25, -0.2) is 4.79 Å². The molecule has 0 radical (unpaired) electrons. The first-order valence-corrected chi connectivity index (χ1v) is 8.58. The van der Waals surface area contributed by atoms with Gasteiger partial charge in [-0.05, 0) is 49.9 Å². The number of ether oxygens (including phenoxy) is 2. The van der Waals surface area contributed by atoms with Gasteiger partial charge >= 0.3 is 5.97 Å². The Morgan fingerprint density at radius 1 is 1.08 bits per heavy atom. The summed E-state index contributed by atoms with van der Waals surface area (Å²) < 4.78 is 11.3. The van der Waals surface area contributed by atoms with Gasteiger partial charge in [-0.2, -0.15) is 0 Å². The molecule has 2 atom stereocenters. The molecule has 2 unspecified atom stereocenters. The maximum atomic E-state index is 12.3. The molecule has 4 nitrogen and oxygen atoms in total. The summed E-state index contributed by atoms with van der Waals surface area (Å²) in [5.41, 5.74) is 3.14. The largest absolute Gasteiger partial charge is 0.479 e. The highest BCUT2D eigenvalue weighted by Gasteiger charge is 2.25. The molecular formula is C21H22O4. The zero-order valence-corrected chi connectivity index (χ0v) is 14.5. The zero-order chi connectivity index (χ0) is 17.8. The quantitative estimate of drug-likeness (QED) is 0.615. The van der Waals surface area contributed by atoms with Gasteiger partial charge in [-0.1, -0.05) is 36.4 Å². The maximum absolute atomic E-state index is 12.3. The SMILES string of the molecule is CC(=O)c1cccc(OC(C)C(=O)OC2CCc3ccccc3C2)c1. The van der Waals surface area contributed by atoms with Crippen molar-refractivity contribution in [2.24, 2.45) is 0 Å². The Morgan fingerprint density at radius 3 is 2.60 bits per heavy atom. The first-order chi connectivity index (χ1) is 12.0. The van der Waals surface area contributed by atoms with Crippen LogP contribution in [0.1, 0.15) is 41.8 Å². The molecule has 1 aliphatic carbocycles. The third-order valence-corrected chi connectivity index (χ3v) is 4.47. The van der Waals surface area contributed by atoms with Gasteiger partial charge in [0.2, 0.25) is 0 Å². The smallest absolute Gasteiger partial charge is 0.347 e. The van der Waals surface area contributed by atoms with Crippen LogP contribution in [0.4, 0.5) is 0 Å². The molecule has 0 N–H and O–H groups in total. The Kier molecular flexibility index (Phi) is 5.17. The number of hydrogen-bond acceptors (Lipinski definition) is 4. The van der Waals surface area contributed by atoms with Crippen LogP contribution in [0.5, 0.6) is 5.75 Å². The summed E-state index contributed by atoms with van der Waals surface area (Å²) in [6.45, 7) is 3.16. The minimum absolute atomic E-state index is 0.0402. The van der Waals surface area contributed by atoms with Crippen molar-refractivity contribution < 1.29 is 19.1 Å². The standard InChI is InChI=1S/C21H22O4/c1-14(22)17-8-5-9-19(12-17)24-15(2)21(23)25-20-11-10-16-6-3-4-7-18(16)13-20/h3-9,12,15,20H,10-11,13H2,1-2H3. The molecule has 0 saturated heterocycles. The summed E-state index contributed by atoms with van der Waals surface area (Å²) in [5.74, 6) is 0.0744. The first-order valence-electron chi connectivity index (χ1n) is 8.58. The van der Waals surface area contributed by atoms with Crippen molar-refractivity contribution in [3.05, 3.63) is 65.2 Å². The minimum atomic E-state index is -0.723. The average molecular weight is 338 g/mol. The molecule has 0 spiro atoms. The van der Waals surface area contributed by atoms with Gasteiger partial charge in [0.1, 0.15) is 11.9 Å². The Morgan fingerprint density at radius 2 is 1.84 bits per heavy atom. The van der Waals surface area contributed by atoms with E-state index in [1.165, 1.54) is 18.1 Å². The van der Waals surface area contributed by atoms with Crippen molar-refractivity contribution in [3.63, 3.8) is 0 Å². The van der Waals surface area contributed by atoms with E-state index in [9.17, 15) is 9.59 Å². The second-order valence-corrected chi connectivity index (χ2v) is 6.41. The molecule has 2 aromatic rings. The van der Waals surface area contributed by atoms with E-state index in [1.54, 1.807) is 31.2 Å². The van der Waals surface area contributed by atoms with Crippen LogP contribution in [0, 0.1) is 0 Å². The second-order valence-electron chi connectivity index (χ2n) is 6.41. The fourth-order valence-corrected chi connectivity index (χ4v) is 3.07. The lowest BCUT2D eigenvalue weighted by Gasteiger charge is -2.26. The van der Waals surface area contributed by atoms with Crippen LogP contribution in [0.25, 0.3) is 0 Å². The lowest BCUT2D eigenvalue weighted by Crippen LogP contribution is -2.33. The maximum Gasteiger partial charge on any atom is 0.347 e. The number of carbonyl (C=O) groups is 2. The molecule has 1 aliphatic rings. The van der Waals surface area contributed by atoms with E-state index >= 15 is 0 Å². The molecule has 0 aromatic heterocycles. The fourth-order valence-electron chi connectivity index (χ4n) is 3.07. The first kappa shape index (κ1) is 17.2. The molecule has 0 bridgehead atoms. The monoisotopic (exact) mass is 338 g/mol. The minimum Gasteiger partial charge on any atom is -0.479 e. The molecule has 0 fully saturated rings. The van der Waals surface area contributed by atoms with E-state index in [4.69, 9.17) is 9.47 Å². The van der Waals surface area contributed by atoms with Gasteiger partial charge in [0.05, 0.1) is 0 Å². The third kappa shape index (κ3) is 4.27. The number of hydrogen-bond donors (Lipinski definition) is 0. The number of aryl methyl sites for hydroxylation is 1. The van der Waals surface area contributed by atoms with E-state index in [1.807, 2.05) is 12.1 Å². The molecule has 0 saturated carbocycles. The molecular weight excluding hydrogens is 316 g/mol. The number of esters is 1. The van der Waals surface area contributed by atoms with E-state index < -0.39 is 6.10 Å². The van der Waals surface area contributed by atoms with Crippen LogP contribution in [-0.4, -0.2) is 24.0 Å². The van der Waals surface area contributed by atoms with Crippen LogP contribution >= 0.6 is 0 Å². The number of fused-ring (bicyclic) bond motifs is 1. The Labute approximate surface area is 147 Å². The highest BCUT2D eigenvalue weighted by molar-refractivity contribution is 5.94. The molecule has 0 heterocycles. The number of benzene rings is 2. The summed E-state index contributed by atoms with van der Waals surface area (Å²) >= 11 is 0. The highest BCUT2D eigenvalue weighted by atomic mass is 16.6. The van der Waals surface area contributed by atoms with Gasteiger partial charge in [0.25, 0.3) is 0 Å². The Balaban J connectivity index is 1.58.